The van der Waals surface area contributed by atoms with Gasteiger partial charge in [-0.3, -0.25) is 24.4 Å². The number of hydrogen-bond acceptors (Lipinski definition) is 10. The molecule has 0 aromatic carbocycles. The maximum Gasteiger partial charge on any atom is 0.399 e. The lowest BCUT2D eigenvalue weighted by Gasteiger charge is -2.29. The van der Waals surface area contributed by atoms with Gasteiger partial charge in [-0.05, 0) is 20.8 Å². The predicted octanol–water partition coefficient (Wildman–Crippen LogP) is 2.83. The van der Waals surface area contributed by atoms with Crippen LogP contribution in [0.4, 0.5) is 13.2 Å². The molecule has 1 aromatic rings. The lowest BCUT2D eigenvalue weighted by molar-refractivity contribution is -0.0692. The zero-order chi connectivity index (χ0) is 26.4. The number of nitrogens with two attached hydrogens (primary N) is 1. The van der Waals surface area contributed by atoms with Crippen molar-refractivity contribution in [2.75, 3.05) is 19.8 Å². The highest BCUT2D eigenvalue weighted by Gasteiger charge is 2.59. The molecule has 2 heterocycles. The van der Waals surface area contributed by atoms with E-state index in [2.05, 4.69) is 0 Å². The molecular formula is C18H27F3N4O8P2. The number of alkyl halides is 3. The van der Waals surface area contributed by atoms with Crippen molar-refractivity contribution in [1.82, 2.24) is 9.55 Å². The van der Waals surface area contributed by atoms with E-state index in [1.54, 1.807) is 6.07 Å². The Morgan fingerprint density at radius 1 is 1.34 bits per heavy atom. The number of aromatic amines is 1. The summed E-state index contributed by atoms with van der Waals surface area (Å²) in [6.45, 7) is 3.19. The van der Waals surface area contributed by atoms with Crippen LogP contribution in [0.1, 0.15) is 38.5 Å². The molecule has 17 heteroatoms. The minimum atomic E-state index is -4.99. The van der Waals surface area contributed by atoms with E-state index in [0.29, 0.717) is 4.57 Å². The molecule has 12 nitrogen and oxygen atoms in total. The topological polar surface area (TPSA) is 168 Å². The molecule has 0 amide bonds. The molecule has 1 aliphatic heterocycles. The van der Waals surface area contributed by atoms with Crippen LogP contribution in [0, 0.1) is 18.3 Å². The summed E-state index contributed by atoms with van der Waals surface area (Å²) in [5.74, 6) is 0. The van der Waals surface area contributed by atoms with Gasteiger partial charge >= 0.3 is 18.9 Å². The Morgan fingerprint density at radius 2 is 1.97 bits per heavy atom. The van der Waals surface area contributed by atoms with E-state index in [4.69, 9.17) is 33.6 Å². The fourth-order valence-corrected chi connectivity index (χ4v) is 5.59. The molecule has 3 N–H and O–H groups in total. The van der Waals surface area contributed by atoms with E-state index < -0.39 is 64.1 Å². The summed E-state index contributed by atoms with van der Waals surface area (Å²) >= 11 is 0. The number of rotatable bonds is 13. The van der Waals surface area contributed by atoms with Crippen LogP contribution in [0.15, 0.2) is 15.8 Å². The number of nitrogens with one attached hydrogen (secondary N) is 1. The van der Waals surface area contributed by atoms with Crippen LogP contribution in [0.25, 0.3) is 0 Å². The highest BCUT2D eigenvalue weighted by molar-refractivity contribution is 7.55. The summed E-state index contributed by atoms with van der Waals surface area (Å²) in [5, 5.41) is 8.59. The maximum atomic E-state index is 15.5. The van der Waals surface area contributed by atoms with Crippen molar-refractivity contribution in [3.63, 3.8) is 0 Å². The van der Waals surface area contributed by atoms with Crippen molar-refractivity contribution < 1.29 is 40.6 Å². The van der Waals surface area contributed by atoms with Crippen molar-refractivity contribution in [3.05, 3.63) is 32.6 Å². The van der Waals surface area contributed by atoms with Crippen molar-refractivity contribution in [2.45, 2.75) is 63.9 Å². The highest BCUT2D eigenvalue weighted by Crippen LogP contribution is 2.64. The molecule has 0 aliphatic carbocycles. The lowest BCUT2D eigenvalue weighted by Crippen LogP contribution is -2.38. The summed E-state index contributed by atoms with van der Waals surface area (Å²) in [4.78, 5) is 25.9. The molecule has 198 valence electrons. The van der Waals surface area contributed by atoms with Crippen molar-refractivity contribution in [3.8, 4) is 6.07 Å². The van der Waals surface area contributed by atoms with Crippen molar-refractivity contribution in [1.29, 1.82) is 5.26 Å². The predicted molar refractivity (Wildman–Crippen MR) is 117 cm³/mol. The van der Waals surface area contributed by atoms with Gasteiger partial charge in [-0.25, -0.2) is 9.18 Å². The second kappa shape index (κ2) is 12.6. The SMILES string of the molecule is CCOP(=O)(OCC)C(F)(F)C[C@H]1O[C@@H](n2cc(C)c(=O)[nH]c2=O)[C@H](F)[C@@H]1OP(N)OCCC#N. The van der Waals surface area contributed by atoms with Gasteiger partial charge in [0.25, 0.3) is 14.1 Å². The standard InChI is InChI=1S/C18H27F3N4O8P2/c1-4-30-35(28,31-5-2)18(20,21)9-12-14(33-34(23)29-8-6-7-22)13(19)16(32-12)25-10-11(3)15(26)24-17(25)27/h10,12-14,16H,4-6,8-9,23H2,1-3H3,(H,24,26,27)/t12-,13-,14-,16-,34?/m1/s1. The third-order valence-corrected chi connectivity index (χ3v) is 7.86. The Labute approximate surface area is 199 Å². The summed E-state index contributed by atoms with van der Waals surface area (Å²) in [6, 6.07) is 1.80. The van der Waals surface area contributed by atoms with Crippen LogP contribution >= 0.6 is 16.1 Å². The van der Waals surface area contributed by atoms with Crippen LogP contribution in [-0.2, 0) is 27.4 Å². The number of halogens is 3. The zero-order valence-electron chi connectivity index (χ0n) is 19.2. The van der Waals surface area contributed by atoms with Crippen LogP contribution in [-0.4, -0.2) is 53.4 Å². The Balaban J connectivity index is 2.40. The average molecular weight is 546 g/mol. The van der Waals surface area contributed by atoms with E-state index in [1.807, 2.05) is 4.98 Å². The number of H-pyrrole nitrogens is 1. The molecule has 1 fully saturated rings. The number of aromatic nitrogens is 2. The minimum absolute atomic E-state index is 0.0322. The fourth-order valence-electron chi connectivity index (χ4n) is 3.23. The fraction of sp³-hybridized carbons (Fsp3) is 0.722. The first-order chi connectivity index (χ1) is 16.4. The van der Waals surface area contributed by atoms with Gasteiger partial charge < -0.3 is 22.8 Å². The first-order valence-corrected chi connectivity index (χ1v) is 13.3. The van der Waals surface area contributed by atoms with E-state index >= 15 is 13.2 Å². The molecule has 0 saturated carbocycles. The lowest BCUT2D eigenvalue weighted by atomic mass is 10.1. The molecule has 0 radical (unpaired) electrons. The first-order valence-electron chi connectivity index (χ1n) is 10.5. The number of hydrogen-bond donors (Lipinski definition) is 2. The van der Waals surface area contributed by atoms with Gasteiger partial charge in [0.2, 0.25) is 0 Å². The molecule has 0 spiro atoms. The monoisotopic (exact) mass is 546 g/mol. The van der Waals surface area contributed by atoms with E-state index in [9.17, 15) is 14.2 Å². The second-order valence-corrected chi connectivity index (χ2v) is 10.5. The van der Waals surface area contributed by atoms with Crippen LogP contribution in [0.5, 0.6) is 0 Å². The molecule has 1 saturated heterocycles. The smallest absolute Gasteiger partial charge is 0.348 e. The van der Waals surface area contributed by atoms with Gasteiger partial charge in [0.05, 0.1) is 44.8 Å². The molecule has 0 bridgehead atoms. The number of nitrogens with zero attached hydrogens (tertiary/aromatic N) is 2. The van der Waals surface area contributed by atoms with Gasteiger partial charge in [0.1, 0.15) is 6.10 Å². The zero-order valence-corrected chi connectivity index (χ0v) is 21.0. The third kappa shape index (κ3) is 6.99. The molecular weight excluding hydrogens is 519 g/mol. The summed E-state index contributed by atoms with van der Waals surface area (Å²) in [5.41, 5.74) is -0.167. The van der Waals surface area contributed by atoms with Crippen LogP contribution in [0.2, 0.25) is 0 Å². The molecule has 35 heavy (non-hydrogen) atoms. The molecule has 2 rings (SSSR count). The average Bonchev–Trinajstić information content (AvgIpc) is 3.05. The Kier molecular flexibility index (Phi) is 10.6. The largest absolute Gasteiger partial charge is 0.399 e. The third-order valence-electron chi connectivity index (χ3n) is 4.79. The first kappa shape index (κ1) is 29.6. The van der Waals surface area contributed by atoms with E-state index in [0.717, 1.165) is 6.20 Å². The second-order valence-electron chi connectivity index (χ2n) is 7.29. The van der Waals surface area contributed by atoms with Crippen LogP contribution in [0.3, 0.4) is 0 Å². The quantitative estimate of drug-likeness (QED) is 0.277. The molecule has 1 unspecified atom stereocenters. The van der Waals surface area contributed by atoms with Crippen molar-refractivity contribution >= 4 is 16.1 Å². The van der Waals surface area contributed by atoms with Gasteiger partial charge in [0.15, 0.2) is 12.4 Å². The minimum Gasteiger partial charge on any atom is -0.348 e. The number of ether oxygens (including phenoxy) is 1. The summed E-state index contributed by atoms with van der Waals surface area (Å²) in [7, 11) is -7.33. The summed E-state index contributed by atoms with van der Waals surface area (Å²) in [6.07, 6.45) is -8.01. The van der Waals surface area contributed by atoms with E-state index in [1.165, 1.54) is 20.8 Å². The molecule has 1 aromatic heterocycles. The molecule has 5 atom stereocenters. The Hall–Kier alpha value is -1.62. The van der Waals surface area contributed by atoms with Gasteiger partial charge in [-0.15, -0.1) is 0 Å². The number of aryl methyl sites for hydroxylation is 1. The maximum absolute atomic E-state index is 15.5. The van der Waals surface area contributed by atoms with Crippen LogP contribution < -0.4 is 16.8 Å². The Morgan fingerprint density at radius 3 is 2.54 bits per heavy atom. The van der Waals surface area contributed by atoms with E-state index in [-0.39, 0.29) is 31.8 Å². The highest BCUT2D eigenvalue weighted by atomic mass is 31.2. The summed E-state index contributed by atoms with van der Waals surface area (Å²) < 4.78 is 84.5. The normalized spacial score (nSPS) is 23.8. The van der Waals surface area contributed by atoms with Gasteiger partial charge in [-0.1, -0.05) is 0 Å². The van der Waals surface area contributed by atoms with Gasteiger partial charge in [-0.2, -0.15) is 14.0 Å². The molecule has 1 aliphatic rings. The number of nitriles is 1. The Bertz CT molecular complexity index is 1060. The van der Waals surface area contributed by atoms with Gasteiger partial charge in [0, 0.05) is 11.8 Å². The van der Waals surface area contributed by atoms with Crippen molar-refractivity contribution in [2.24, 2.45) is 5.50 Å².